The molecule has 3 rings (SSSR count). The van der Waals surface area contributed by atoms with Gasteiger partial charge in [0.25, 0.3) is 10.0 Å². The minimum atomic E-state index is -3.85. The molecule has 0 saturated heterocycles. The number of anilines is 1. The van der Waals surface area contributed by atoms with Crippen LogP contribution in [-0.2, 0) is 16.6 Å². The maximum absolute atomic E-state index is 13.2. The predicted octanol–water partition coefficient (Wildman–Crippen LogP) is 4.20. The molecule has 0 unspecified atom stereocenters. The fourth-order valence-corrected chi connectivity index (χ4v) is 5.04. The zero-order valence-electron chi connectivity index (χ0n) is 13.3. The lowest BCUT2D eigenvalue weighted by atomic mass is 10.2. The van der Waals surface area contributed by atoms with E-state index in [0.717, 1.165) is 5.56 Å². The first kappa shape index (κ1) is 17.7. The smallest absolute Gasteiger partial charge is 0.267 e. The summed E-state index contributed by atoms with van der Waals surface area (Å²) in [5.41, 5.74) is 0.812. The fourth-order valence-electron chi connectivity index (χ4n) is 2.26. The molecule has 0 N–H and O–H groups in total. The van der Waals surface area contributed by atoms with Gasteiger partial charge in [-0.3, -0.25) is 0 Å². The normalized spacial score (nSPS) is 11.3. The van der Waals surface area contributed by atoms with Crippen molar-refractivity contribution in [1.29, 1.82) is 0 Å². The second-order valence-corrected chi connectivity index (χ2v) is 8.22. The van der Waals surface area contributed by atoms with E-state index >= 15 is 0 Å². The molecule has 0 aliphatic carbocycles. The first-order chi connectivity index (χ1) is 12.0. The molecular formula is C17H15ClN2O3S2. The lowest BCUT2D eigenvalue weighted by molar-refractivity contribution is 0.414. The number of nitrogens with zero attached hydrogens (tertiary/aromatic N) is 2. The van der Waals surface area contributed by atoms with Gasteiger partial charge >= 0.3 is 0 Å². The maximum atomic E-state index is 13.2. The Labute approximate surface area is 155 Å². The number of methoxy groups -OCH3 is 1. The van der Waals surface area contributed by atoms with E-state index in [1.807, 2.05) is 12.1 Å². The van der Waals surface area contributed by atoms with Gasteiger partial charge in [0.1, 0.15) is 10.6 Å². The highest BCUT2D eigenvalue weighted by atomic mass is 35.5. The second-order valence-electron chi connectivity index (χ2n) is 5.10. The van der Waals surface area contributed by atoms with Gasteiger partial charge in [0.2, 0.25) is 0 Å². The van der Waals surface area contributed by atoms with Gasteiger partial charge in [0, 0.05) is 11.6 Å². The molecule has 0 aliphatic rings. The van der Waals surface area contributed by atoms with Crippen molar-refractivity contribution in [2.45, 2.75) is 11.4 Å². The fraction of sp³-hybridized carbons (Fsp3) is 0.118. The Morgan fingerprint density at radius 3 is 2.48 bits per heavy atom. The molecule has 0 atom stereocenters. The van der Waals surface area contributed by atoms with Crippen LogP contribution in [0.4, 0.5) is 5.13 Å². The summed E-state index contributed by atoms with van der Waals surface area (Å²) in [5.74, 6) is 0.707. The molecule has 130 valence electrons. The third kappa shape index (κ3) is 3.78. The summed E-state index contributed by atoms with van der Waals surface area (Å²) < 4.78 is 32.7. The number of sulfonamides is 1. The molecule has 3 aromatic rings. The average Bonchev–Trinajstić information content (AvgIpc) is 3.14. The SMILES string of the molecule is COc1ccc(CN(c2nccs2)S(=O)(=O)c2ccccc2Cl)cc1. The van der Waals surface area contributed by atoms with E-state index < -0.39 is 10.0 Å². The molecule has 0 aliphatic heterocycles. The summed E-state index contributed by atoms with van der Waals surface area (Å²) in [4.78, 5) is 4.22. The molecule has 1 aromatic heterocycles. The minimum absolute atomic E-state index is 0.0559. The van der Waals surface area contributed by atoms with Gasteiger partial charge in [-0.05, 0) is 29.8 Å². The Balaban J connectivity index is 2.02. The molecule has 25 heavy (non-hydrogen) atoms. The van der Waals surface area contributed by atoms with Gasteiger partial charge in [-0.1, -0.05) is 35.9 Å². The van der Waals surface area contributed by atoms with E-state index in [4.69, 9.17) is 16.3 Å². The Morgan fingerprint density at radius 2 is 1.88 bits per heavy atom. The highest BCUT2D eigenvalue weighted by molar-refractivity contribution is 7.93. The number of benzene rings is 2. The van der Waals surface area contributed by atoms with Crippen LogP contribution < -0.4 is 9.04 Å². The van der Waals surface area contributed by atoms with Crippen molar-refractivity contribution in [2.24, 2.45) is 0 Å². The van der Waals surface area contributed by atoms with Gasteiger partial charge in [0.15, 0.2) is 5.13 Å². The van der Waals surface area contributed by atoms with Crippen molar-refractivity contribution in [3.8, 4) is 5.75 Å². The van der Waals surface area contributed by atoms with Gasteiger partial charge < -0.3 is 4.74 Å². The van der Waals surface area contributed by atoms with Crippen molar-refractivity contribution in [2.75, 3.05) is 11.4 Å². The molecular weight excluding hydrogens is 380 g/mol. The van der Waals surface area contributed by atoms with E-state index in [1.54, 1.807) is 49.0 Å². The van der Waals surface area contributed by atoms with E-state index in [9.17, 15) is 8.42 Å². The Morgan fingerprint density at radius 1 is 1.16 bits per heavy atom. The number of rotatable bonds is 6. The topological polar surface area (TPSA) is 59.5 Å². The van der Waals surface area contributed by atoms with Gasteiger partial charge in [0.05, 0.1) is 18.7 Å². The standard InChI is InChI=1S/C17H15ClN2O3S2/c1-23-14-8-6-13(7-9-14)12-20(17-19-10-11-24-17)25(21,22)16-5-3-2-4-15(16)18/h2-11H,12H2,1H3. The number of thiazole rings is 1. The van der Waals surface area contributed by atoms with Crippen LogP contribution in [0.1, 0.15) is 5.56 Å². The van der Waals surface area contributed by atoms with E-state index in [0.29, 0.717) is 10.9 Å². The lowest BCUT2D eigenvalue weighted by Gasteiger charge is -2.22. The molecule has 5 nitrogen and oxygen atoms in total. The van der Waals surface area contributed by atoms with Crippen molar-refractivity contribution in [3.63, 3.8) is 0 Å². The Kier molecular flexibility index (Phi) is 5.27. The quantitative estimate of drug-likeness (QED) is 0.628. The lowest BCUT2D eigenvalue weighted by Crippen LogP contribution is -2.30. The summed E-state index contributed by atoms with van der Waals surface area (Å²) in [7, 11) is -2.27. The molecule has 0 bridgehead atoms. The van der Waals surface area contributed by atoms with Gasteiger partial charge in [-0.2, -0.15) is 0 Å². The first-order valence-corrected chi connectivity index (χ1v) is 10.0. The van der Waals surface area contributed by atoms with E-state index in [2.05, 4.69) is 4.98 Å². The molecule has 0 fully saturated rings. The highest BCUT2D eigenvalue weighted by Gasteiger charge is 2.28. The van der Waals surface area contributed by atoms with Crippen LogP contribution in [0, 0.1) is 0 Å². The molecule has 0 spiro atoms. The molecule has 0 radical (unpaired) electrons. The zero-order chi connectivity index (χ0) is 17.9. The highest BCUT2D eigenvalue weighted by Crippen LogP contribution is 2.31. The average molecular weight is 395 g/mol. The summed E-state index contributed by atoms with van der Waals surface area (Å²) in [6.07, 6.45) is 1.57. The summed E-state index contributed by atoms with van der Waals surface area (Å²) >= 11 is 7.37. The number of halogens is 1. The summed E-state index contributed by atoms with van der Waals surface area (Å²) in [6, 6.07) is 13.6. The van der Waals surface area contributed by atoms with Crippen molar-refractivity contribution in [3.05, 3.63) is 70.7 Å². The predicted molar refractivity (Wildman–Crippen MR) is 99.9 cm³/mol. The van der Waals surface area contributed by atoms with E-state index in [1.165, 1.54) is 21.7 Å². The Bertz CT molecular complexity index is 942. The van der Waals surface area contributed by atoms with Crippen LogP contribution in [0.2, 0.25) is 5.02 Å². The zero-order valence-corrected chi connectivity index (χ0v) is 15.7. The third-order valence-corrected chi connectivity index (χ3v) is 6.67. The summed E-state index contributed by atoms with van der Waals surface area (Å²) in [5, 5.41) is 2.30. The number of hydrogen-bond donors (Lipinski definition) is 0. The summed E-state index contributed by atoms with van der Waals surface area (Å²) in [6.45, 7) is 0.144. The first-order valence-electron chi connectivity index (χ1n) is 7.32. The van der Waals surface area contributed by atoms with Crippen molar-refractivity contribution < 1.29 is 13.2 Å². The van der Waals surface area contributed by atoms with Crippen molar-refractivity contribution >= 4 is 38.1 Å². The molecule has 0 saturated carbocycles. The third-order valence-electron chi connectivity index (χ3n) is 3.52. The van der Waals surface area contributed by atoms with Crippen LogP contribution in [0.25, 0.3) is 0 Å². The molecule has 0 amide bonds. The van der Waals surface area contributed by atoms with Crippen LogP contribution in [0.15, 0.2) is 65.0 Å². The monoisotopic (exact) mass is 394 g/mol. The maximum Gasteiger partial charge on any atom is 0.267 e. The van der Waals surface area contributed by atoms with Crippen LogP contribution in [0.3, 0.4) is 0 Å². The van der Waals surface area contributed by atoms with Gasteiger partial charge in [-0.25, -0.2) is 17.7 Å². The molecule has 8 heteroatoms. The second kappa shape index (κ2) is 7.43. The number of hydrogen-bond acceptors (Lipinski definition) is 5. The van der Waals surface area contributed by atoms with Crippen LogP contribution >= 0.6 is 22.9 Å². The van der Waals surface area contributed by atoms with Crippen LogP contribution in [-0.4, -0.2) is 20.5 Å². The largest absolute Gasteiger partial charge is 0.497 e. The molecule has 1 heterocycles. The number of ether oxygens (including phenoxy) is 1. The van der Waals surface area contributed by atoms with Gasteiger partial charge in [-0.15, -0.1) is 11.3 Å². The van der Waals surface area contributed by atoms with Crippen LogP contribution in [0.5, 0.6) is 5.75 Å². The van der Waals surface area contributed by atoms with Crippen molar-refractivity contribution in [1.82, 2.24) is 4.98 Å². The van der Waals surface area contributed by atoms with E-state index in [-0.39, 0.29) is 16.5 Å². The minimum Gasteiger partial charge on any atom is -0.497 e. The number of aromatic nitrogens is 1. The molecule has 2 aromatic carbocycles. The Hall–Kier alpha value is -2.09.